The smallest absolute Gasteiger partial charge is 0.272 e. The lowest BCUT2D eigenvalue weighted by molar-refractivity contribution is 0.0585. The van der Waals surface area contributed by atoms with Crippen molar-refractivity contribution in [3.63, 3.8) is 0 Å². The maximum atomic E-state index is 12.8. The van der Waals surface area contributed by atoms with Crippen LogP contribution < -0.4 is 4.74 Å². The lowest BCUT2D eigenvalue weighted by Gasteiger charge is -2.32. The van der Waals surface area contributed by atoms with Crippen molar-refractivity contribution in [3.05, 3.63) is 46.7 Å². The second-order valence-electron chi connectivity index (χ2n) is 7.31. The summed E-state index contributed by atoms with van der Waals surface area (Å²) >= 11 is 5.90. The Labute approximate surface area is 159 Å². The molecule has 0 radical (unpaired) electrons. The third kappa shape index (κ3) is 4.58. The van der Waals surface area contributed by atoms with Crippen LogP contribution in [0, 0.1) is 5.92 Å². The monoisotopic (exact) mass is 375 g/mol. The molecular weight excluding hydrogens is 350 g/mol. The fourth-order valence-corrected chi connectivity index (χ4v) is 3.42. The average Bonchev–Trinajstić information content (AvgIpc) is 2.96. The van der Waals surface area contributed by atoms with Gasteiger partial charge in [0.25, 0.3) is 5.91 Å². The van der Waals surface area contributed by atoms with Crippen molar-refractivity contribution in [1.29, 1.82) is 0 Å². The topological polar surface area (TPSA) is 47.4 Å². The normalized spacial score (nSPS) is 15.5. The van der Waals surface area contributed by atoms with Crippen LogP contribution in [0.15, 0.2) is 30.3 Å². The van der Waals surface area contributed by atoms with Gasteiger partial charge in [-0.05, 0) is 42.7 Å². The molecule has 2 aromatic rings. The molecule has 26 heavy (non-hydrogen) atoms. The Hall–Kier alpha value is -2.01. The van der Waals surface area contributed by atoms with Crippen LogP contribution in [-0.2, 0) is 13.5 Å². The van der Waals surface area contributed by atoms with Gasteiger partial charge in [-0.1, -0.05) is 25.4 Å². The molecule has 1 saturated heterocycles. The summed E-state index contributed by atoms with van der Waals surface area (Å²) in [5, 5.41) is 5.18. The number of carbonyl (C=O) groups is 1. The van der Waals surface area contributed by atoms with Gasteiger partial charge in [0.05, 0.1) is 5.69 Å². The Bertz CT molecular complexity index is 747. The summed E-state index contributed by atoms with van der Waals surface area (Å²) in [7, 11) is 1.84. The van der Waals surface area contributed by atoms with E-state index < -0.39 is 0 Å². The molecule has 0 aliphatic carbocycles. The molecule has 5 nitrogen and oxygen atoms in total. The standard InChI is InChI=1S/C20H26ClN3O2/c1-14(2)12-16-13-19(23(3)22-16)20(25)24-10-8-18(9-11-24)26-17-6-4-15(21)5-7-17/h4-7,13-14,18H,8-12H2,1-3H3. The number of benzene rings is 1. The highest BCUT2D eigenvalue weighted by Gasteiger charge is 2.26. The summed E-state index contributed by atoms with van der Waals surface area (Å²) in [6, 6.07) is 9.34. The van der Waals surface area contributed by atoms with Gasteiger partial charge in [-0.25, -0.2) is 0 Å². The molecule has 0 spiro atoms. The zero-order chi connectivity index (χ0) is 18.7. The fraction of sp³-hybridized carbons (Fsp3) is 0.500. The first-order chi connectivity index (χ1) is 12.4. The predicted octanol–water partition coefficient (Wildman–Crippen LogP) is 3.96. The molecule has 6 heteroatoms. The molecule has 3 rings (SSSR count). The molecule has 0 saturated carbocycles. The van der Waals surface area contributed by atoms with Gasteiger partial charge in [0.2, 0.25) is 0 Å². The second kappa shape index (κ2) is 8.12. The quantitative estimate of drug-likeness (QED) is 0.794. The number of likely N-dealkylation sites (tertiary alicyclic amines) is 1. The number of halogens is 1. The predicted molar refractivity (Wildman–Crippen MR) is 103 cm³/mol. The molecule has 0 bridgehead atoms. The Morgan fingerprint density at radius 1 is 1.27 bits per heavy atom. The van der Waals surface area contributed by atoms with Gasteiger partial charge >= 0.3 is 0 Å². The van der Waals surface area contributed by atoms with Crippen molar-refractivity contribution in [2.24, 2.45) is 13.0 Å². The molecule has 1 aromatic carbocycles. The van der Waals surface area contributed by atoms with Crippen LogP contribution in [0.2, 0.25) is 5.02 Å². The summed E-state index contributed by atoms with van der Waals surface area (Å²) in [6.07, 6.45) is 2.66. The highest BCUT2D eigenvalue weighted by atomic mass is 35.5. The fourth-order valence-electron chi connectivity index (χ4n) is 3.29. The SMILES string of the molecule is CC(C)Cc1cc(C(=O)N2CCC(Oc3ccc(Cl)cc3)CC2)n(C)n1. The Kier molecular flexibility index (Phi) is 5.87. The number of piperidine rings is 1. The maximum absolute atomic E-state index is 12.8. The van der Waals surface area contributed by atoms with Crippen molar-refractivity contribution < 1.29 is 9.53 Å². The molecule has 140 valence electrons. The van der Waals surface area contributed by atoms with Gasteiger partial charge in [-0.3, -0.25) is 9.48 Å². The lowest BCUT2D eigenvalue weighted by atomic mass is 10.1. The van der Waals surface area contributed by atoms with Gasteiger partial charge < -0.3 is 9.64 Å². The number of nitrogens with zero attached hydrogens (tertiary/aromatic N) is 3. The third-order valence-electron chi connectivity index (χ3n) is 4.61. The van der Waals surface area contributed by atoms with E-state index in [1.54, 1.807) is 4.68 Å². The van der Waals surface area contributed by atoms with Gasteiger partial charge in [0, 0.05) is 38.0 Å². The highest BCUT2D eigenvalue weighted by molar-refractivity contribution is 6.30. The van der Waals surface area contributed by atoms with Crippen LogP contribution in [0.4, 0.5) is 0 Å². The van der Waals surface area contributed by atoms with E-state index >= 15 is 0 Å². The molecule has 2 heterocycles. The number of hydrogen-bond donors (Lipinski definition) is 0. The molecule has 0 N–H and O–H groups in total. The number of ether oxygens (including phenoxy) is 1. The number of amides is 1. The molecule has 1 amide bonds. The van der Waals surface area contributed by atoms with Crippen LogP contribution in [0.25, 0.3) is 0 Å². The zero-order valence-corrected chi connectivity index (χ0v) is 16.4. The summed E-state index contributed by atoms with van der Waals surface area (Å²) in [6.45, 7) is 5.70. The zero-order valence-electron chi connectivity index (χ0n) is 15.6. The molecule has 1 aliphatic heterocycles. The first-order valence-corrected chi connectivity index (χ1v) is 9.54. The number of hydrogen-bond acceptors (Lipinski definition) is 3. The summed E-state index contributed by atoms with van der Waals surface area (Å²) in [5.74, 6) is 1.40. The van der Waals surface area contributed by atoms with Crippen molar-refractivity contribution in [1.82, 2.24) is 14.7 Å². The van der Waals surface area contributed by atoms with Gasteiger partial charge in [0.15, 0.2) is 0 Å². The first kappa shape index (κ1) is 18.8. The minimum atomic E-state index is 0.0555. The lowest BCUT2D eigenvalue weighted by Crippen LogP contribution is -2.42. The van der Waals surface area contributed by atoms with Crippen molar-refractivity contribution in [3.8, 4) is 5.75 Å². The van der Waals surface area contributed by atoms with E-state index in [0.29, 0.717) is 29.7 Å². The van der Waals surface area contributed by atoms with Crippen molar-refractivity contribution in [2.75, 3.05) is 13.1 Å². The van der Waals surface area contributed by atoms with Crippen LogP contribution in [0.1, 0.15) is 42.9 Å². The summed E-state index contributed by atoms with van der Waals surface area (Å²) in [5.41, 5.74) is 1.64. The van der Waals surface area contributed by atoms with Crippen molar-refractivity contribution >= 4 is 17.5 Å². The van der Waals surface area contributed by atoms with E-state index in [2.05, 4.69) is 18.9 Å². The van der Waals surface area contributed by atoms with E-state index in [-0.39, 0.29) is 12.0 Å². The average molecular weight is 376 g/mol. The van der Waals surface area contributed by atoms with E-state index in [9.17, 15) is 4.79 Å². The number of aromatic nitrogens is 2. The van der Waals surface area contributed by atoms with E-state index in [1.807, 2.05) is 42.3 Å². The van der Waals surface area contributed by atoms with Gasteiger partial charge in [-0.15, -0.1) is 0 Å². The van der Waals surface area contributed by atoms with Crippen molar-refractivity contribution in [2.45, 2.75) is 39.2 Å². The first-order valence-electron chi connectivity index (χ1n) is 9.17. The maximum Gasteiger partial charge on any atom is 0.272 e. The number of rotatable bonds is 5. The van der Waals surface area contributed by atoms with Crippen LogP contribution in [0.5, 0.6) is 5.75 Å². The summed E-state index contributed by atoms with van der Waals surface area (Å²) < 4.78 is 7.71. The second-order valence-corrected chi connectivity index (χ2v) is 7.74. The van der Waals surface area contributed by atoms with Crippen LogP contribution >= 0.6 is 11.6 Å². The molecule has 1 aromatic heterocycles. The van der Waals surface area contributed by atoms with E-state index in [0.717, 1.165) is 30.7 Å². The molecule has 0 unspecified atom stereocenters. The Morgan fingerprint density at radius 3 is 2.54 bits per heavy atom. The third-order valence-corrected chi connectivity index (χ3v) is 4.86. The van der Waals surface area contributed by atoms with Gasteiger partial charge in [-0.2, -0.15) is 5.10 Å². The van der Waals surface area contributed by atoms with Crippen LogP contribution in [0.3, 0.4) is 0 Å². The largest absolute Gasteiger partial charge is 0.490 e. The molecular formula is C20H26ClN3O2. The van der Waals surface area contributed by atoms with Gasteiger partial charge in [0.1, 0.15) is 17.5 Å². The summed E-state index contributed by atoms with van der Waals surface area (Å²) in [4.78, 5) is 14.7. The molecule has 1 aliphatic rings. The number of aryl methyl sites for hydroxylation is 1. The molecule has 1 fully saturated rings. The Balaban J connectivity index is 1.56. The Morgan fingerprint density at radius 2 is 1.92 bits per heavy atom. The van der Waals surface area contributed by atoms with Crippen LogP contribution in [-0.4, -0.2) is 39.8 Å². The van der Waals surface area contributed by atoms with E-state index in [1.165, 1.54) is 0 Å². The minimum Gasteiger partial charge on any atom is -0.490 e. The van der Waals surface area contributed by atoms with E-state index in [4.69, 9.17) is 16.3 Å². The minimum absolute atomic E-state index is 0.0555. The number of carbonyl (C=O) groups excluding carboxylic acids is 1. The molecule has 0 atom stereocenters. The highest BCUT2D eigenvalue weighted by Crippen LogP contribution is 2.22.